The zero-order valence-corrected chi connectivity index (χ0v) is 18.7. The number of ether oxygens (including phenoxy) is 3. The van der Waals surface area contributed by atoms with E-state index in [0.717, 1.165) is 11.3 Å². The van der Waals surface area contributed by atoms with E-state index in [1.54, 1.807) is 12.1 Å². The number of hydrogen-bond donors (Lipinski definition) is 2. The van der Waals surface area contributed by atoms with Crippen molar-refractivity contribution in [2.45, 2.75) is 13.0 Å². The van der Waals surface area contributed by atoms with E-state index in [1.807, 2.05) is 42.5 Å². The van der Waals surface area contributed by atoms with Crippen LogP contribution in [0.25, 0.3) is 0 Å². The topological polar surface area (TPSA) is 112 Å². The molecule has 33 heavy (non-hydrogen) atoms. The standard InChI is InChI=1S/C24H25N3O6/c1-15(16-8-6-5-7-9-16)25-17-10-12-18(13-11-17)26-24(28)19-14-20(31-2)22(32-3)23(33-4)21(19)27(29)30/h5-15,25H,1-4H3,(H,26,28). The fraction of sp³-hybridized carbons (Fsp3) is 0.208. The minimum absolute atomic E-state index is 0.0335. The van der Waals surface area contributed by atoms with Gasteiger partial charge in [-0.3, -0.25) is 14.9 Å². The molecule has 0 fully saturated rings. The number of amides is 1. The fourth-order valence-corrected chi connectivity index (χ4v) is 3.42. The number of anilines is 2. The fourth-order valence-electron chi connectivity index (χ4n) is 3.42. The Morgan fingerprint density at radius 2 is 1.52 bits per heavy atom. The minimum Gasteiger partial charge on any atom is -0.493 e. The van der Waals surface area contributed by atoms with E-state index >= 15 is 0 Å². The van der Waals surface area contributed by atoms with Crippen LogP contribution in [0, 0.1) is 10.1 Å². The molecule has 3 aromatic carbocycles. The van der Waals surface area contributed by atoms with E-state index in [9.17, 15) is 14.9 Å². The van der Waals surface area contributed by atoms with Gasteiger partial charge in [-0.25, -0.2) is 0 Å². The molecule has 0 spiro atoms. The van der Waals surface area contributed by atoms with Gasteiger partial charge in [0.1, 0.15) is 5.56 Å². The number of hydrogen-bond acceptors (Lipinski definition) is 7. The highest BCUT2D eigenvalue weighted by molar-refractivity contribution is 6.08. The van der Waals surface area contributed by atoms with Crippen molar-refractivity contribution in [2.24, 2.45) is 0 Å². The van der Waals surface area contributed by atoms with Crippen molar-refractivity contribution >= 4 is 23.0 Å². The first-order valence-corrected chi connectivity index (χ1v) is 10.1. The van der Waals surface area contributed by atoms with Gasteiger partial charge in [0.05, 0.1) is 26.3 Å². The predicted octanol–water partition coefficient (Wildman–Crippen LogP) is 5.05. The van der Waals surface area contributed by atoms with Crippen molar-refractivity contribution in [3.05, 3.63) is 81.9 Å². The lowest BCUT2D eigenvalue weighted by Crippen LogP contribution is -2.15. The number of carbonyl (C=O) groups excluding carboxylic acids is 1. The summed E-state index contributed by atoms with van der Waals surface area (Å²) >= 11 is 0. The highest BCUT2D eigenvalue weighted by Crippen LogP contribution is 2.46. The summed E-state index contributed by atoms with van der Waals surface area (Å²) in [6.45, 7) is 2.05. The summed E-state index contributed by atoms with van der Waals surface area (Å²) < 4.78 is 15.6. The second-order valence-electron chi connectivity index (χ2n) is 7.11. The monoisotopic (exact) mass is 451 g/mol. The molecular formula is C24H25N3O6. The normalized spacial score (nSPS) is 11.3. The third-order valence-electron chi connectivity index (χ3n) is 5.06. The van der Waals surface area contributed by atoms with Crippen LogP contribution in [-0.4, -0.2) is 32.2 Å². The molecule has 3 rings (SSSR count). The Hall–Kier alpha value is -4.27. The molecule has 1 amide bonds. The lowest BCUT2D eigenvalue weighted by Gasteiger charge is -2.16. The van der Waals surface area contributed by atoms with Crippen molar-refractivity contribution in [2.75, 3.05) is 32.0 Å². The van der Waals surface area contributed by atoms with Gasteiger partial charge in [0.15, 0.2) is 5.75 Å². The van der Waals surface area contributed by atoms with E-state index in [2.05, 4.69) is 17.6 Å². The molecule has 0 heterocycles. The quantitative estimate of drug-likeness (QED) is 0.346. The van der Waals surface area contributed by atoms with Gasteiger partial charge in [-0.2, -0.15) is 0 Å². The van der Waals surface area contributed by atoms with Crippen LogP contribution in [0.2, 0.25) is 0 Å². The van der Waals surface area contributed by atoms with Crippen LogP contribution in [-0.2, 0) is 0 Å². The number of nitrogens with one attached hydrogen (secondary N) is 2. The lowest BCUT2D eigenvalue weighted by molar-refractivity contribution is -0.386. The second-order valence-corrected chi connectivity index (χ2v) is 7.11. The van der Waals surface area contributed by atoms with Crippen LogP contribution >= 0.6 is 0 Å². The highest BCUT2D eigenvalue weighted by atomic mass is 16.6. The maximum Gasteiger partial charge on any atom is 0.327 e. The van der Waals surface area contributed by atoms with Crippen molar-refractivity contribution in [1.29, 1.82) is 0 Å². The molecule has 0 aliphatic heterocycles. The van der Waals surface area contributed by atoms with E-state index < -0.39 is 16.5 Å². The van der Waals surface area contributed by atoms with Crippen LogP contribution in [0.15, 0.2) is 60.7 Å². The summed E-state index contributed by atoms with van der Waals surface area (Å²) in [5.74, 6) is -0.702. The van der Waals surface area contributed by atoms with Gasteiger partial charge in [-0.15, -0.1) is 0 Å². The third kappa shape index (κ3) is 5.15. The number of benzene rings is 3. The first-order chi connectivity index (χ1) is 15.9. The van der Waals surface area contributed by atoms with E-state index in [-0.39, 0.29) is 28.9 Å². The Labute approximate surface area is 191 Å². The van der Waals surface area contributed by atoms with Crippen LogP contribution in [0.3, 0.4) is 0 Å². The molecule has 9 heteroatoms. The summed E-state index contributed by atoms with van der Waals surface area (Å²) in [4.78, 5) is 24.0. The molecule has 0 radical (unpaired) electrons. The predicted molar refractivity (Wildman–Crippen MR) is 126 cm³/mol. The van der Waals surface area contributed by atoms with E-state index in [4.69, 9.17) is 14.2 Å². The Bertz CT molecular complexity index is 1130. The van der Waals surface area contributed by atoms with Gasteiger partial charge >= 0.3 is 5.69 Å². The molecule has 172 valence electrons. The average molecular weight is 451 g/mol. The number of nitrogens with zero attached hydrogens (tertiary/aromatic N) is 1. The summed E-state index contributed by atoms with van der Waals surface area (Å²) in [6, 6.07) is 18.4. The number of nitro groups is 1. The van der Waals surface area contributed by atoms with Crippen LogP contribution in [0.5, 0.6) is 17.2 Å². The van der Waals surface area contributed by atoms with Gasteiger partial charge in [-0.05, 0) is 36.8 Å². The molecule has 9 nitrogen and oxygen atoms in total. The Kier molecular flexibility index (Phi) is 7.34. The SMILES string of the molecule is COc1cc(C(=O)Nc2ccc(NC(C)c3ccccc3)cc2)c([N+](=O)[O-])c(OC)c1OC. The molecule has 0 bridgehead atoms. The van der Waals surface area contributed by atoms with Crippen LogP contribution < -0.4 is 24.8 Å². The van der Waals surface area contributed by atoms with Crippen molar-refractivity contribution < 1.29 is 23.9 Å². The maximum absolute atomic E-state index is 12.9. The van der Waals surface area contributed by atoms with Gasteiger partial charge in [0, 0.05) is 23.5 Å². The summed E-state index contributed by atoms with van der Waals surface area (Å²) in [6.07, 6.45) is 0. The van der Waals surface area contributed by atoms with E-state index in [1.165, 1.54) is 27.4 Å². The van der Waals surface area contributed by atoms with Crippen LogP contribution in [0.1, 0.15) is 28.9 Å². The molecule has 0 aromatic heterocycles. The Morgan fingerprint density at radius 3 is 2.06 bits per heavy atom. The largest absolute Gasteiger partial charge is 0.493 e. The molecule has 2 N–H and O–H groups in total. The first kappa shape index (κ1) is 23.4. The first-order valence-electron chi connectivity index (χ1n) is 10.1. The van der Waals surface area contributed by atoms with Gasteiger partial charge in [-0.1, -0.05) is 30.3 Å². The molecule has 1 atom stereocenters. The van der Waals surface area contributed by atoms with Crippen LogP contribution in [0.4, 0.5) is 17.1 Å². The highest BCUT2D eigenvalue weighted by Gasteiger charge is 2.32. The zero-order valence-electron chi connectivity index (χ0n) is 18.7. The molecule has 3 aromatic rings. The van der Waals surface area contributed by atoms with Gasteiger partial charge in [0.25, 0.3) is 5.91 Å². The molecule has 0 aliphatic carbocycles. The van der Waals surface area contributed by atoms with Crippen molar-refractivity contribution in [3.8, 4) is 17.2 Å². The maximum atomic E-state index is 12.9. The number of nitro benzene ring substituents is 1. The Balaban J connectivity index is 1.83. The number of methoxy groups -OCH3 is 3. The summed E-state index contributed by atoms with van der Waals surface area (Å²) in [5, 5.41) is 17.8. The number of rotatable bonds is 9. The lowest BCUT2D eigenvalue weighted by atomic mass is 10.1. The molecule has 0 saturated heterocycles. The minimum atomic E-state index is -0.687. The molecule has 0 aliphatic rings. The van der Waals surface area contributed by atoms with Crippen molar-refractivity contribution in [3.63, 3.8) is 0 Å². The average Bonchev–Trinajstić information content (AvgIpc) is 2.83. The van der Waals surface area contributed by atoms with Gasteiger partial charge in [0.2, 0.25) is 11.5 Å². The summed E-state index contributed by atoms with van der Waals surface area (Å²) in [5.41, 5.74) is 1.76. The Morgan fingerprint density at radius 1 is 0.909 bits per heavy atom. The summed E-state index contributed by atoms with van der Waals surface area (Å²) in [7, 11) is 3.96. The van der Waals surface area contributed by atoms with Crippen molar-refractivity contribution in [1.82, 2.24) is 0 Å². The molecule has 1 unspecified atom stereocenters. The smallest absolute Gasteiger partial charge is 0.327 e. The molecule has 0 saturated carbocycles. The molecular weight excluding hydrogens is 426 g/mol. The third-order valence-corrected chi connectivity index (χ3v) is 5.06. The number of carbonyl (C=O) groups is 1. The second kappa shape index (κ2) is 10.4. The van der Waals surface area contributed by atoms with E-state index in [0.29, 0.717) is 5.69 Å². The van der Waals surface area contributed by atoms with Gasteiger partial charge < -0.3 is 24.8 Å². The zero-order chi connectivity index (χ0) is 24.0.